The molecule has 162 valence electrons. The Morgan fingerprint density at radius 2 is 2.13 bits per heavy atom. The molecule has 0 saturated carbocycles. The molecule has 1 aliphatic heterocycles. The van der Waals surface area contributed by atoms with Gasteiger partial charge in [-0.05, 0) is 32.2 Å². The van der Waals surface area contributed by atoms with Crippen LogP contribution in [0.5, 0.6) is 0 Å². The van der Waals surface area contributed by atoms with Crippen LogP contribution in [0.3, 0.4) is 0 Å². The van der Waals surface area contributed by atoms with Crippen LogP contribution in [0.15, 0.2) is 42.3 Å². The molecule has 1 aliphatic rings. The topological polar surface area (TPSA) is 93.0 Å². The molecule has 0 aliphatic carbocycles. The van der Waals surface area contributed by atoms with E-state index >= 15 is 0 Å². The van der Waals surface area contributed by atoms with Crippen molar-refractivity contribution < 1.29 is 9.59 Å². The molecule has 0 bridgehead atoms. The fourth-order valence-corrected chi connectivity index (χ4v) is 4.60. The summed E-state index contributed by atoms with van der Waals surface area (Å²) < 4.78 is 1.89. The highest BCUT2D eigenvalue weighted by molar-refractivity contribution is 7.13. The highest BCUT2D eigenvalue weighted by Gasteiger charge is 2.39. The van der Waals surface area contributed by atoms with Crippen LogP contribution < -0.4 is 5.32 Å². The third-order valence-electron chi connectivity index (χ3n) is 5.36. The maximum atomic E-state index is 12.7. The third kappa shape index (κ3) is 4.51. The fourth-order valence-electron chi connectivity index (χ4n) is 3.81. The SMILES string of the molecule is CC(C)(C)N1C[C@H](C(=O)NCCn2ncc(-c3cnccn3)c2-c2cccs2)CC1=O. The van der Waals surface area contributed by atoms with Crippen molar-refractivity contribution in [3.05, 3.63) is 42.3 Å². The number of thiophene rings is 1. The summed E-state index contributed by atoms with van der Waals surface area (Å²) in [6.07, 6.45) is 7.08. The largest absolute Gasteiger partial charge is 0.354 e. The molecule has 1 fully saturated rings. The average Bonchev–Trinajstić information content (AvgIpc) is 3.47. The van der Waals surface area contributed by atoms with E-state index < -0.39 is 0 Å². The second-order valence-electron chi connectivity index (χ2n) is 8.57. The number of nitrogens with zero attached hydrogens (tertiary/aromatic N) is 5. The monoisotopic (exact) mass is 438 g/mol. The van der Waals surface area contributed by atoms with Crippen molar-refractivity contribution in [3.8, 4) is 21.8 Å². The van der Waals surface area contributed by atoms with Gasteiger partial charge in [0.25, 0.3) is 0 Å². The molecule has 1 atom stereocenters. The number of hydrogen-bond acceptors (Lipinski definition) is 6. The molecular weight excluding hydrogens is 412 g/mol. The van der Waals surface area contributed by atoms with Crippen molar-refractivity contribution in [2.45, 2.75) is 39.3 Å². The first-order chi connectivity index (χ1) is 14.8. The summed E-state index contributed by atoms with van der Waals surface area (Å²) in [5.41, 5.74) is 2.35. The molecule has 4 rings (SSSR count). The van der Waals surface area contributed by atoms with E-state index in [1.807, 2.05) is 43.0 Å². The Morgan fingerprint density at radius 3 is 2.77 bits per heavy atom. The van der Waals surface area contributed by atoms with Gasteiger partial charge in [0.1, 0.15) is 0 Å². The van der Waals surface area contributed by atoms with E-state index in [1.54, 1.807) is 41.0 Å². The predicted molar refractivity (Wildman–Crippen MR) is 119 cm³/mol. The zero-order valence-corrected chi connectivity index (χ0v) is 18.7. The molecule has 3 aromatic rings. The molecule has 31 heavy (non-hydrogen) atoms. The van der Waals surface area contributed by atoms with Gasteiger partial charge in [0.05, 0.1) is 41.1 Å². The van der Waals surface area contributed by atoms with Crippen LogP contribution >= 0.6 is 11.3 Å². The zero-order valence-electron chi connectivity index (χ0n) is 17.9. The Bertz CT molecular complexity index is 1060. The fraction of sp³-hybridized carbons (Fsp3) is 0.409. The van der Waals surface area contributed by atoms with Gasteiger partial charge in [-0.25, -0.2) is 0 Å². The predicted octanol–water partition coefficient (Wildman–Crippen LogP) is 2.83. The quantitative estimate of drug-likeness (QED) is 0.639. The van der Waals surface area contributed by atoms with Crippen LogP contribution in [0.4, 0.5) is 0 Å². The molecule has 0 unspecified atom stereocenters. The third-order valence-corrected chi connectivity index (χ3v) is 6.24. The molecule has 2 amide bonds. The van der Waals surface area contributed by atoms with E-state index in [1.165, 1.54) is 0 Å². The maximum absolute atomic E-state index is 12.7. The number of amides is 2. The summed E-state index contributed by atoms with van der Waals surface area (Å²) >= 11 is 1.63. The second kappa shape index (κ2) is 8.58. The highest BCUT2D eigenvalue weighted by Crippen LogP contribution is 2.33. The first kappa shape index (κ1) is 21.2. The molecule has 0 spiro atoms. The number of hydrogen-bond donors (Lipinski definition) is 1. The van der Waals surface area contributed by atoms with Crippen LogP contribution in [-0.2, 0) is 16.1 Å². The molecule has 9 heteroatoms. The molecule has 1 saturated heterocycles. The number of carbonyl (C=O) groups is 2. The summed E-state index contributed by atoms with van der Waals surface area (Å²) in [6.45, 7) is 7.38. The first-order valence-electron chi connectivity index (χ1n) is 10.3. The Morgan fingerprint density at radius 1 is 1.29 bits per heavy atom. The van der Waals surface area contributed by atoms with Crippen molar-refractivity contribution in [2.24, 2.45) is 5.92 Å². The lowest BCUT2D eigenvalue weighted by molar-refractivity contribution is -0.132. The smallest absolute Gasteiger partial charge is 0.225 e. The van der Waals surface area contributed by atoms with E-state index in [0.29, 0.717) is 19.6 Å². The zero-order chi connectivity index (χ0) is 22.0. The van der Waals surface area contributed by atoms with Gasteiger partial charge >= 0.3 is 0 Å². The first-order valence-corrected chi connectivity index (χ1v) is 11.2. The van der Waals surface area contributed by atoms with Crippen LogP contribution in [0.25, 0.3) is 21.8 Å². The van der Waals surface area contributed by atoms with Gasteiger partial charge < -0.3 is 10.2 Å². The molecule has 4 heterocycles. The van der Waals surface area contributed by atoms with Gasteiger partial charge in [-0.2, -0.15) is 5.10 Å². The summed E-state index contributed by atoms with van der Waals surface area (Å²) in [6, 6.07) is 4.04. The Kier molecular flexibility index (Phi) is 5.86. The Labute approximate surface area is 185 Å². The summed E-state index contributed by atoms with van der Waals surface area (Å²) in [4.78, 5) is 36.4. The molecule has 0 radical (unpaired) electrons. The standard InChI is InChI=1S/C22H26N6O2S/c1-22(2,3)27-14-15(11-19(27)29)21(30)25-8-9-28-20(18-5-4-10-31-18)16(12-26-28)17-13-23-6-7-24-17/h4-7,10,12-13,15H,8-9,11,14H2,1-3H3,(H,25,30)/t15-/m1/s1. The minimum absolute atomic E-state index is 0.0355. The number of aromatic nitrogens is 4. The highest BCUT2D eigenvalue weighted by atomic mass is 32.1. The van der Waals surface area contributed by atoms with Crippen molar-refractivity contribution in [2.75, 3.05) is 13.1 Å². The van der Waals surface area contributed by atoms with Crippen LogP contribution in [-0.4, -0.2) is 55.1 Å². The molecule has 0 aromatic carbocycles. The minimum Gasteiger partial charge on any atom is -0.354 e. The van der Waals surface area contributed by atoms with E-state index in [2.05, 4.69) is 20.4 Å². The second-order valence-corrected chi connectivity index (χ2v) is 9.51. The van der Waals surface area contributed by atoms with Gasteiger partial charge in [0.15, 0.2) is 0 Å². The lowest BCUT2D eigenvalue weighted by Crippen LogP contribution is -2.43. The van der Waals surface area contributed by atoms with Gasteiger partial charge in [-0.3, -0.25) is 24.2 Å². The van der Waals surface area contributed by atoms with Crippen LogP contribution in [0.2, 0.25) is 0 Å². The van der Waals surface area contributed by atoms with Crippen molar-refractivity contribution in [1.29, 1.82) is 0 Å². The molecule has 8 nitrogen and oxygen atoms in total. The summed E-state index contributed by atoms with van der Waals surface area (Å²) in [5.74, 6) is -0.358. The van der Waals surface area contributed by atoms with Gasteiger partial charge in [-0.15, -0.1) is 11.3 Å². The normalized spacial score (nSPS) is 16.7. The number of rotatable bonds is 6. The lowest BCUT2D eigenvalue weighted by Gasteiger charge is -2.31. The maximum Gasteiger partial charge on any atom is 0.225 e. The van der Waals surface area contributed by atoms with Crippen LogP contribution in [0, 0.1) is 5.92 Å². The average molecular weight is 439 g/mol. The number of nitrogens with one attached hydrogen (secondary N) is 1. The number of carbonyl (C=O) groups excluding carboxylic acids is 2. The van der Waals surface area contributed by atoms with E-state index in [4.69, 9.17) is 0 Å². The van der Waals surface area contributed by atoms with Gasteiger partial charge in [0, 0.05) is 43.0 Å². The molecule has 3 aromatic heterocycles. The summed E-state index contributed by atoms with van der Waals surface area (Å²) in [7, 11) is 0. The van der Waals surface area contributed by atoms with Gasteiger partial charge in [-0.1, -0.05) is 6.07 Å². The van der Waals surface area contributed by atoms with E-state index in [-0.39, 0.29) is 29.7 Å². The van der Waals surface area contributed by atoms with Crippen molar-refractivity contribution in [3.63, 3.8) is 0 Å². The van der Waals surface area contributed by atoms with Crippen molar-refractivity contribution in [1.82, 2.24) is 30.0 Å². The van der Waals surface area contributed by atoms with Crippen molar-refractivity contribution >= 4 is 23.2 Å². The summed E-state index contributed by atoms with van der Waals surface area (Å²) in [5, 5.41) is 9.55. The van der Waals surface area contributed by atoms with Crippen LogP contribution in [0.1, 0.15) is 27.2 Å². The Balaban J connectivity index is 1.44. The molecular formula is C22H26N6O2S. The Hall–Kier alpha value is -3.07. The lowest BCUT2D eigenvalue weighted by atomic mass is 10.1. The minimum atomic E-state index is -0.309. The van der Waals surface area contributed by atoms with E-state index in [9.17, 15) is 9.59 Å². The van der Waals surface area contributed by atoms with Gasteiger partial charge in [0.2, 0.25) is 11.8 Å². The van der Waals surface area contributed by atoms with E-state index in [0.717, 1.165) is 21.8 Å². The molecule has 1 N–H and O–H groups in total. The number of likely N-dealkylation sites (tertiary alicyclic amines) is 1.